The van der Waals surface area contributed by atoms with Crippen LogP contribution in [0.1, 0.15) is 12.0 Å². The quantitative estimate of drug-likeness (QED) is 0.899. The molecule has 1 heterocycles. The van der Waals surface area contributed by atoms with Crippen molar-refractivity contribution in [1.82, 2.24) is 14.9 Å². The number of hydrogen-bond donors (Lipinski definition) is 1. The maximum absolute atomic E-state index is 11.6. The Morgan fingerprint density at radius 3 is 2.94 bits per heavy atom. The molecule has 2 aromatic rings. The molecule has 1 N–H and O–H groups in total. The fraction of sp³-hybridized carbons (Fsp3) is 0.231. The highest BCUT2D eigenvalue weighted by Gasteiger charge is 2.03. The molecule has 0 radical (unpaired) electrons. The lowest BCUT2D eigenvalue weighted by atomic mass is 10.2. The second-order valence-corrected chi connectivity index (χ2v) is 4.33. The zero-order chi connectivity index (χ0) is 12.8. The second-order valence-electron chi connectivity index (χ2n) is 3.92. The molecule has 0 bridgehead atoms. The van der Waals surface area contributed by atoms with Crippen LogP contribution < -0.4 is 5.32 Å². The van der Waals surface area contributed by atoms with E-state index in [1.165, 1.54) is 0 Å². The molecule has 1 aromatic carbocycles. The highest BCUT2D eigenvalue weighted by atomic mass is 35.5. The van der Waals surface area contributed by atoms with Crippen LogP contribution in [0.15, 0.2) is 43.0 Å². The Balaban J connectivity index is 1.77. The molecular formula is C13H14ClN3O. The van der Waals surface area contributed by atoms with Crippen LogP contribution in [0.4, 0.5) is 0 Å². The van der Waals surface area contributed by atoms with E-state index in [9.17, 15) is 4.79 Å². The van der Waals surface area contributed by atoms with E-state index in [1.54, 1.807) is 12.5 Å². The summed E-state index contributed by atoms with van der Waals surface area (Å²) in [5.41, 5.74) is 0.926. The van der Waals surface area contributed by atoms with Gasteiger partial charge in [0.1, 0.15) is 0 Å². The molecule has 0 aliphatic rings. The molecule has 0 aliphatic carbocycles. The summed E-state index contributed by atoms with van der Waals surface area (Å²) in [4.78, 5) is 15.6. The van der Waals surface area contributed by atoms with Gasteiger partial charge in [0.05, 0.1) is 6.33 Å². The summed E-state index contributed by atoms with van der Waals surface area (Å²) >= 11 is 6.00. The van der Waals surface area contributed by atoms with Crippen molar-refractivity contribution in [1.29, 1.82) is 0 Å². The number of carbonyl (C=O) groups excluding carboxylic acids is 1. The number of rotatable bonds is 5. The first-order chi connectivity index (χ1) is 8.75. The molecule has 0 aliphatic heterocycles. The molecule has 0 saturated heterocycles. The standard InChI is InChI=1S/C13H14ClN3O/c14-12-4-2-1-3-11(12)9-16-13(18)5-7-17-8-6-15-10-17/h1-4,6,8,10H,5,7,9H2,(H,16,18). The van der Waals surface area contributed by atoms with Gasteiger partial charge in [0.15, 0.2) is 0 Å². The van der Waals surface area contributed by atoms with Crippen LogP contribution in [0, 0.1) is 0 Å². The average molecular weight is 264 g/mol. The minimum absolute atomic E-state index is 0.00335. The predicted octanol–water partition coefficient (Wildman–Crippen LogP) is 2.24. The van der Waals surface area contributed by atoms with Gasteiger partial charge in [0.25, 0.3) is 0 Å². The molecule has 94 valence electrons. The van der Waals surface area contributed by atoms with Crippen molar-refractivity contribution in [2.45, 2.75) is 19.5 Å². The van der Waals surface area contributed by atoms with E-state index in [-0.39, 0.29) is 5.91 Å². The Hall–Kier alpha value is -1.81. The fourth-order valence-corrected chi connectivity index (χ4v) is 1.78. The average Bonchev–Trinajstić information content (AvgIpc) is 2.88. The Kier molecular flexibility index (Phi) is 4.36. The third-order valence-electron chi connectivity index (χ3n) is 2.59. The highest BCUT2D eigenvalue weighted by Crippen LogP contribution is 2.14. The van der Waals surface area contributed by atoms with Crippen molar-refractivity contribution in [3.8, 4) is 0 Å². The van der Waals surface area contributed by atoms with Gasteiger partial charge in [0.2, 0.25) is 5.91 Å². The third-order valence-corrected chi connectivity index (χ3v) is 2.96. The zero-order valence-electron chi connectivity index (χ0n) is 9.84. The molecule has 4 nitrogen and oxygen atoms in total. The number of nitrogens with zero attached hydrogens (tertiary/aromatic N) is 2. The van der Waals surface area contributed by atoms with Gasteiger partial charge in [0, 0.05) is 36.9 Å². The van der Waals surface area contributed by atoms with Crippen LogP contribution in [0.3, 0.4) is 0 Å². The van der Waals surface area contributed by atoms with Gasteiger partial charge in [-0.15, -0.1) is 0 Å². The van der Waals surface area contributed by atoms with Gasteiger partial charge in [-0.2, -0.15) is 0 Å². The first-order valence-electron chi connectivity index (χ1n) is 5.71. The number of halogens is 1. The van der Waals surface area contributed by atoms with E-state index in [2.05, 4.69) is 10.3 Å². The lowest BCUT2D eigenvalue weighted by molar-refractivity contribution is -0.121. The molecule has 1 aromatic heterocycles. The largest absolute Gasteiger partial charge is 0.352 e. The Morgan fingerprint density at radius 1 is 1.39 bits per heavy atom. The number of amides is 1. The van der Waals surface area contributed by atoms with Crippen LogP contribution in [-0.2, 0) is 17.9 Å². The van der Waals surface area contributed by atoms with E-state index in [1.807, 2.05) is 35.0 Å². The van der Waals surface area contributed by atoms with E-state index < -0.39 is 0 Å². The maximum Gasteiger partial charge on any atom is 0.222 e. The van der Waals surface area contributed by atoms with Crippen molar-refractivity contribution < 1.29 is 4.79 Å². The zero-order valence-corrected chi connectivity index (χ0v) is 10.6. The molecule has 0 spiro atoms. The summed E-state index contributed by atoms with van der Waals surface area (Å²) in [6.07, 6.45) is 5.66. The predicted molar refractivity (Wildman–Crippen MR) is 70.1 cm³/mol. The van der Waals surface area contributed by atoms with Crippen molar-refractivity contribution >= 4 is 17.5 Å². The van der Waals surface area contributed by atoms with Crippen molar-refractivity contribution in [3.05, 3.63) is 53.6 Å². The Morgan fingerprint density at radius 2 is 2.22 bits per heavy atom. The number of imidazole rings is 1. The van der Waals surface area contributed by atoms with Crippen LogP contribution in [0.2, 0.25) is 5.02 Å². The lowest BCUT2D eigenvalue weighted by Crippen LogP contribution is -2.23. The number of benzene rings is 1. The molecule has 2 rings (SSSR count). The molecule has 0 fully saturated rings. The Bertz CT molecular complexity index is 511. The molecule has 0 unspecified atom stereocenters. The number of carbonyl (C=O) groups is 1. The molecule has 5 heteroatoms. The molecule has 0 saturated carbocycles. The molecule has 0 atom stereocenters. The normalized spacial score (nSPS) is 10.3. The summed E-state index contributed by atoms with van der Waals surface area (Å²) in [5, 5.41) is 3.52. The van der Waals surface area contributed by atoms with Gasteiger partial charge >= 0.3 is 0 Å². The molecule has 1 amide bonds. The minimum Gasteiger partial charge on any atom is -0.352 e. The van der Waals surface area contributed by atoms with Crippen molar-refractivity contribution in [2.24, 2.45) is 0 Å². The maximum atomic E-state index is 11.6. The fourth-order valence-electron chi connectivity index (χ4n) is 1.57. The molecule has 18 heavy (non-hydrogen) atoms. The van der Waals surface area contributed by atoms with Crippen molar-refractivity contribution in [2.75, 3.05) is 0 Å². The third kappa shape index (κ3) is 3.60. The summed E-state index contributed by atoms with van der Waals surface area (Å²) in [7, 11) is 0. The molecular weight excluding hydrogens is 250 g/mol. The van der Waals surface area contributed by atoms with Crippen LogP contribution in [-0.4, -0.2) is 15.5 Å². The van der Waals surface area contributed by atoms with Crippen LogP contribution >= 0.6 is 11.6 Å². The summed E-state index contributed by atoms with van der Waals surface area (Å²) < 4.78 is 1.87. The van der Waals surface area contributed by atoms with Gasteiger partial charge in [-0.25, -0.2) is 4.98 Å². The van der Waals surface area contributed by atoms with Gasteiger partial charge in [-0.1, -0.05) is 29.8 Å². The number of aromatic nitrogens is 2. The lowest BCUT2D eigenvalue weighted by Gasteiger charge is -2.07. The van der Waals surface area contributed by atoms with Crippen molar-refractivity contribution in [3.63, 3.8) is 0 Å². The van der Waals surface area contributed by atoms with E-state index in [4.69, 9.17) is 11.6 Å². The number of hydrogen-bond acceptors (Lipinski definition) is 2. The van der Waals surface area contributed by atoms with Gasteiger partial charge in [-0.05, 0) is 11.6 Å². The number of nitrogens with one attached hydrogen (secondary N) is 1. The number of aryl methyl sites for hydroxylation is 1. The monoisotopic (exact) mass is 263 g/mol. The SMILES string of the molecule is O=C(CCn1ccnc1)NCc1ccccc1Cl. The van der Waals surface area contributed by atoms with Crippen LogP contribution in [0.25, 0.3) is 0 Å². The summed E-state index contributed by atoms with van der Waals surface area (Å²) in [6.45, 7) is 1.09. The first kappa shape index (κ1) is 12.6. The Labute approximate surface area is 111 Å². The van der Waals surface area contributed by atoms with E-state index in [0.717, 1.165) is 5.56 Å². The van der Waals surface area contributed by atoms with Gasteiger partial charge in [-0.3, -0.25) is 4.79 Å². The highest BCUT2D eigenvalue weighted by molar-refractivity contribution is 6.31. The smallest absolute Gasteiger partial charge is 0.222 e. The van der Waals surface area contributed by atoms with Gasteiger partial charge < -0.3 is 9.88 Å². The topological polar surface area (TPSA) is 46.9 Å². The van der Waals surface area contributed by atoms with E-state index in [0.29, 0.717) is 24.5 Å². The minimum atomic E-state index is 0.00335. The van der Waals surface area contributed by atoms with Crippen LogP contribution in [0.5, 0.6) is 0 Å². The second kappa shape index (κ2) is 6.21. The van der Waals surface area contributed by atoms with E-state index >= 15 is 0 Å². The first-order valence-corrected chi connectivity index (χ1v) is 6.09. The summed E-state index contributed by atoms with van der Waals surface area (Å²) in [6, 6.07) is 7.48. The summed E-state index contributed by atoms with van der Waals surface area (Å²) in [5.74, 6) is 0.00335.